The van der Waals surface area contributed by atoms with Crippen LogP contribution in [0.5, 0.6) is 5.75 Å². The van der Waals surface area contributed by atoms with Crippen molar-refractivity contribution in [2.45, 2.75) is 49.5 Å². The first-order valence-electron chi connectivity index (χ1n) is 15.7. The average molecular weight is 559 g/mol. The summed E-state index contributed by atoms with van der Waals surface area (Å²) in [6.45, 7) is 2.66. The van der Waals surface area contributed by atoms with Gasteiger partial charge < -0.3 is 9.84 Å². The number of aryl methyl sites for hydroxylation is 1. The Morgan fingerprint density at radius 2 is 1.43 bits per heavy atom. The Balaban J connectivity index is 1.14. The number of aliphatic hydroxyl groups is 1. The van der Waals surface area contributed by atoms with Gasteiger partial charge in [0.25, 0.3) is 10.1 Å². The number of rotatable bonds is 7. The van der Waals surface area contributed by atoms with Gasteiger partial charge in [0.2, 0.25) is 0 Å². The lowest BCUT2D eigenvalue weighted by molar-refractivity contribution is -0.279. The third kappa shape index (κ3) is 2.20. The Hall–Kier alpha value is -1.89. The Kier molecular flexibility index (Phi) is 4.24. The second kappa shape index (κ2) is 7.18. The summed E-state index contributed by atoms with van der Waals surface area (Å²) in [5.41, 5.74) is -0.684. The molecule has 9 aliphatic rings. The molecule has 0 unspecified atom stereocenters. The van der Waals surface area contributed by atoms with Crippen molar-refractivity contribution in [2.75, 3.05) is 13.2 Å². The lowest BCUT2D eigenvalue weighted by atomic mass is 9.43. The summed E-state index contributed by atoms with van der Waals surface area (Å²) < 4.78 is 40.2. The quantitative estimate of drug-likeness (QED) is 0.466. The molecule has 0 heterocycles. The van der Waals surface area contributed by atoms with Gasteiger partial charge in [0.05, 0.1) is 23.7 Å². The van der Waals surface area contributed by atoms with E-state index in [1.807, 2.05) is 49.4 Å². The van der Waals surface area contributed by atoms with E-state index in [0.29, 0.717) is 65.8 Å². The van der Waals surface area contributed by atoms with Crippen LogP contribution < -0.4 is 4.74 Å². The van der Waals surface area contributed by atoms with Crippen molar-refractivity contribution in [1.82, 2.24) is 0 Å². The van der Waals surface area contributed by atoms with Crippen LogP contribution in [-0.4, -0.2) is 32.3 Å². The molecule has 14 atom stereocenters. The summed E-state index contributed by atoms with van der Waals surface area (Å²) in [7, 11) is -3.93. The zero-order valence-electron chi connectivity index (χ0n) is 23.0. The van der Waals surface area contributed by atoms with E-state index >= 15 is 0 Å². The van der Waals surface area contributed by atoms with Gasteiger partial charge in [-0.2, -0.15) is 8.42 Å². The zero-order chi connectivity index (χ0) is 26.8. The maximum atomic E-state index is 13.7. The normalized spacial score (nSPS) is 52.8. The summed E-state index contributed by atoms with van der Waals surface area (Å²) in [5, 5.41) is 13.7. The van der Waals surface area contributed by atoms with Gasteiger partial charge in [0.15, 0.2) is 0 Å². The molecule has 0 saturated heterocycles. The van der Waals surface area contributed by atoms with Crippen LogP contribution >= 0.6 is 0 Å². The summed E-state index contributed by atoms with van der Waals surface area (Å²) in [5.74, 6) is 6.55. The highest BCUT2D eigenvalue weighted by atomic mass is 32.2. The van der Waals surface area contributed by atoms with Crippen molar-refractivity contribution in [2.24, 2.45) is 75.9 Å². The first-order valence-corrected chi connectivity index (χ1v) is 17.1. The smallest absolute Gasteiger partial charge is 0.296 e. The minimum atomic E-state index is -3.93. The molecule has 9 fully saturated rings. The number of benzene rings is 2. The third-order valence-electron chi connectivity index (χ3n) is 14.6. The van der Waals surface area contributed by atoms with E-state index in [1.165, 1.54) is 25.7 Å². The average Bonchev–Trinajstić information content (AvgIpc) is 3.75. The van der Waals surface area contributed by atoms with Gasteiger partial charge in [0.1, 0.15) is 5.75 Å². The largest absolute Gasteiger partial charge is 0.493 e. The summed E-state index contributed by atoms with van der Waals surface area (Å²) >= 11 is 0. The predicted octanol–water partition coefficient (Wildman–Crippen LogP) is 5.32. The lowest BCUT2D eigenvalue weighted by Gasteiger charge is -2.64. The molecule has 1 N–H and O–H groups in total. The maximum Gasteiger partial charge on any atom is 0.296 e. The van der Waals surface area contributed by atoms with Gasteiger partial charge >= 0.3 is 0 Å². The van der Waals surface area contributed by atoms with Gasteiger partial charge in [-0.3, -0.25) is 4.18 Å². The summed E-state index contributed by atoms with van der Waals surface area (Å²) in [6, 6.07) is 17.1. The van der Waals surface area contributed by atoms with Crippen LogP contribution in [0, 0.1) is 82.9 Å². The van der Waals surface area contributed by atoms with E-state index in [2.05, 4.69) is 0 Å². The monoisotopic (exact) mass is 558 g/mol. The molecule has 9 saturated carbocycles. The fraction of sp³-hybridized carbons (Fsp3) is 0.647. The predicted molar refractivity (Wildman–Crippen MR) is 148 cm³/mol. The molecular formula is C34H38O5S. The Morgan fingerprint density at radius 3 is 2.15 bits per heavy atom. The highest BCUT2D eigenvalue weighted by Crippen LogP contribution is 2.98. The number of hydrogen-bond donors (Lipinski definition) is 1. The molecular weight excluding hydrogens is 520 g/mol. The van der Waals surface area contributed by atoms with Crippen LogP contribution in [0.25, 0.3) is 0 Å². The molecule has 0 radical (unpaired) electrons. The highest BCUT2D eigenvalue weighted by Gasteiger charge is 3.00. The molecule has 40 heavy (non-hydrogen) atoms. The number of para-hydroxylation sites is 1. The standard InChI is InChI=1S/C34H38O5S/c1-18-10-12-20(13-11-18)40(36,37)39-17-33-29-22-9-5-8-21(22)28-26(29)27-30(33)23-14-15-24-25(23)31(27)32(28,34(24,33)35)16-38-19-6-3-2-4-7-19/h2-4,6-7,10-13,21-31,35H,5,8-9,14-17H2,1H3/t21-,22+,23-,24+,25+,26+,27+,28-,29-,30+,31+,32-,33+,34-/m0/s1. The van der Waals surface area contributed by atoms with Gasteiger partial charge in [-0.05, 0) is 122 Å². The van der Waals surface area contributed by atoms with Gasteiger partial charge in [-0.15, -0.1) is 0 Å². The molecule has 9 bridgehead atoms. The molecule has 0 aliphatic heterocycles. The fourth-order valence-corrected chi connectivity index (χ4v) is 15.6. The molecule has 9 aliphatic carbocycles. The van der Waals surface area contributed by atoms with Crippen LogP contribution in [0.2, 0.25) is 0 Å². The Labute approximate surface area is 236 Å². The molecule has 2 aromatic carbocycles. The number of ether oxygens (including phenoxy) is 1. The molecule has 0 amide bonds. The van der Waals surface area contributed by atoms with Gasteiger partial charge in [-0.1, -0.05) is 42.3 Å². The van der Waals surface area contributed by atoms with Crippen LogP contribution in [0.3, 0.4) is 0 Å². The van der Waals surface area contributed by atoms with Crippen molar-refractivity contribution >= 4 is 10.1 Å². The third-order valence-corrected chi connectivity index (χ3v) is 15.9. The molecule has 0 aromatic heterocycles. The molecule has 5 nitrogen and oxygen atoms in total. The van der Waals surface area contributed by atoms with Crippen LogP contribution in [0.15, 0.2) is 59.5 Å². The van der Waals surface area contributed by atoms with E-state index in [-0.39, 0.29) is 22.8 Å². The zero-order valence-corrected chi connectivity index (χ0v) is 23.8. The van der Waals surface area contributed by atoms with Gasteiger partial charge in [0, 0.05) is 10.8 Å². The molecule has 6 heteroatoms. The molecule has 2 aromatic rings. The SMILES string of the molecule is Cc1ccc(S(=O)(=O)OC[C@]23[C@@H]4[C@H]5CC[C@@H]6[C@@H]5[C@@H]5[C@@H]4[C@H]4[C@@H]2[C@@H]2CCC[C@@H]2[C@@H]4[C@]5(COc2ccccc2)[C@@]63O)cc1. The molecule has 210 valence electrons. The van der Waals surface area contributed by atoms with E-state index in [4.69, 9.17) is 8.92 Å². The van der Waals surface area contributed by atoms with Gasteiger partial charge in [-0.25, -0.2) is 0 Å². The summed E-state index contributed by atoms with van der Waals surface area (Å²) in [4.78, 5) is 0.223. The number of fused-ring (bicyclic) bond motifs is 1. The van der Waals surface area contributed by atoms with Crippen molar-refractivity contribution in [3.63, 3.8) is 0 Å². The first kappa shape index (κ1) is 23.6. The molecule has 11 rings (SSSR count). The van der Waals surface area contributed by atoms with Crippen molar-refractivity contribution in [1.29, 1.82) is 0 Å². The second-order valence-electron chi connectivity index (χ2n) is 14.9. The van der Waals surface area contributed by atoms with E-state index in [9.17, 15) is 13.5 Å². The second-order valence-corrected chi connectivity index (χ2v) is 16.5. The fourth-order valence-electron chi connectivity index (χ4n) is 14.6. The van der Waals surface area contributed by atoms with Crippen LogP contribution in [-0.2, 0) is 14.3 Å². The Morgan fingerprint density at radius 1 is 0.775 bits per heavy atom. The lowest BCUT2D eigenvalue weighted by Crippen LogP contribution is -2.73. The van der Waals surface area contributed by atoms with E-state index < -0.39 is 21.1 Å². The highest BCUT2D eigenvalue weighted by molar-refractivity contribution is 7.86. The van der Waals surface area contributed by atoms with Crippen molar-refractivity contribution in [3.8, 4) is 5.75 Å². The van der Waals surface area contributed by atoms with Crippen molar-refractivity contribution < 1.29 is 22.4 Å². The number of hydrogen-bond acceptors (Lipinski definition) is 5. The minimum Gasteiger partial charge on any atom is -0.493 e. The minimum absolute atomic E-state index is 0.136. The first-order chi connectivity index (χ1) is 19.4. The van der Waals surface area contributed by atoms with Crippen molar-refractivity contribution in [3.05, 3.63) is 60.2 Å². The molecule has 0 spiro atoms. The van der Waals surface area contributed by atoms with E-state index in [1.54, 1.807) is 12.1 Å². The topological polar surface area (TPSA) is 72.8 Å². The Bertz CT molecular complexity index is 1520. The van der Waals surface area contributed by atoms with Crippen LogP contribution in [0.4, 0.5) is 0 Å². The van der Waals surface area contributed by atoms with Crippen LogP contribution in [0.1, 0.15) is 37.7 Å². The maximum absolute atomic E-state index is 13.7. The summed E-state index contributed by atoms with van der Waals surface area (Å²) in [6.07, 6.45) is 6.01. The van der Waals surface area contributed by atoms with E-state index in [0.717, 1.165) is 17.7 Å².